The monoisotopic (exact) mass is 382 g/mol. The maximum absolute atomic E-state index is 13.3. The molecule has 1 heterocycles. The number of carbonyl (C=O) groups is 1. The summed E-state index contributed by atoms with van der Waals surface area (Å²) in [4.78, 5) is 16.1. The molecule has 1 aliphatic heterocycles. The number of anilines is 1. The van der Waals surface area contributed by atoms with Gasteiger partial charge in [-0.1, -0.05) is 23.2 Å². The Bertz CT molecular complexity index is 747. The molecule has 25 heavy (non-hydrogen) atoms. The van der Waals surface area contributed by atoms with Gasteiger partial charge in [-0.25, -0.2) is 4.39 Å². The number of halogens is 3. The third-order valence-corrected chi connectivity index (χ3v) is 4.62. The first-order valence-electron chi connectivity index (χ1n) is 7.89. The highest BCUT2D eigenvalue weighted by atomic mass is 35.5. The normalized spacial score (nSPS) is 14.5. The zero-order valence-corrected chi connectivity index (χ0v) is 14.9. The molecule has 0 radical (unpaired) electrons. The molecule has 0 unspecified atom stereocenters. The molecular formula is C18H17Cl2FN2O2. The molecule has 0 bridgehead atoms. The number of benzene rings is 2. The molecule has 2 aromatic rings. The number of hydrogen-bond donors (Lipinski definition) is 0. The maximum atomic E-state index is 13.3. The molecule has 0 aliphatic carbocycles. The molecule has 2 aromatic carbocycles. The van der Waals surface area contributed by atoms with Crippen molar-refractivity contribution in [3.8, 4) is 5.75 Å². The summed E-state index contributed by atoms with van der Waals surface area (Å²) in [5.74, 6) is 0.114. The smallest absolute Gasteiger partial charge is 0.260 e. The molecule has 0 N–H and O–H groups in total. The quantitative estimate of drug-likeness (QED) is 0.804. The lowest BCUT2D eigenvalue weighted by Crippen LogP contribution is -2.50. The molecule has 0 aromatic heterocycles. The Balaban J connectivity index is 1.50. The van der Waals surface area contributed by atoms with Crippen LogP contribution in [0.4, 0.5) is 10.1 Å². The lowest BCUT2D eigenvalue weighted by atomic mass is 10.2. The van der Waals surface area contributed by atoms with Crippen LogP contribution in [0.15, 0.2) is 42.5 Å². The van der Waals surface area contributed by atoms with E-state index in [1.165, 1.54) is 6.07 Å². The van der Waals surface area contributed by atoms with Gasteiger partial charge in [-0.15, -0.1) is 0 Å². The summed E-state index contributed by atoms with van der Waals surface area (Å²) in [7, 11) is 0. The van der Waals surface area contributed by atoms with Crippen molar-refractivity contribution < 1.29 is 13.9 Å². The Morgan fingerprint density at radius 3 is 2.36 bits per heavy atom. The van der Waals surface area contributed by atoms with E-state index in [0.29, 0.717) is 37.0 Å². The van der Waals surface area contributed by atoms with E-state index in [0.717, 1.165) is 5.69 Å². The number of piperazine rings is 1. The molecule has 1 aliphatic rings. The first kappa shape index (κ1) is 17.8. The van der Waals surface area contributed by atoms with Crippen molar-refractivity contribution in [1.29, 1.82) is 0 Å². The molecule has 0 atom stereocenters. The number of carbonyl (C=O) groups excluding carboxylic acids is 1. The zero-order chi connectivity index (χ0) is 17.8. The van der Waals surface area contributed by atoms with Gasteiger partial charge in [0.2, 0.25) is 0 Å². The summed E-state index contributed by atoms with van der Waals surface area (Å²) in [6.07, 6.45) is 0. The van der Waals surface area contributed by atoms with Crippen molar-refractivity contribution >= 4 is 34.8 Å². The van der Waals surface area contributed by atoms with Gasteiger partial charge in [0.1, 0.15) is 11.6 Å². The first-order chi connectivity index (χ1) is 12.0. The minimum absolute atomic E-state index is 0.00991. The number of nitrogens with zero attached hydrogens (tertiary/aromatic N) is 2. The van der Waals surface area contributed by atoms with Gasteiger partial charge in [0.05, 0.1) is 5.02 Å². The second-order valence-electron chi connectivity index (χ2n) is 5.71. The zero-order valence-electron chi connectivity index (χ0n) is 13.4. The van der Waals surface area contributed by atoms with Gasteiger partial charge in [-0.3, -0.25) is 4.79 Å². The summed E-state index contributed by atoms with van der Waals surface area (Å²) >= 11 is 11.6. The SMILES string of the molecule is O=C(COc1ccc(Cl)cc1)N1CCN(c2ccc(F)c(Cl)c2)CC1. The predicted octanol–water partition coefficient (Wildman–Crippen LogP) is 3.86. The average Bonchev–Trinajstić information content (AvgIpc) is 2.63. The highest BCUT2D eigenvalue weighted by Crippen LogP contribution is 2.23. The number of rotatable bonds is 4. The van der Waals surface area contributed by atoms with E-state index < -0.39 is 5.82 Å². The molecule has 7 heteroatoms. The third-order valence-electron chi connectivity index (χ3n) is 4.08. The molecule has 0 spiro atoms. The van der Waals surface area contributed by atoms with E-state index in [4.69, 9.17) is 27.9 Å². The number of hydrogen-bond acceptors (Lipinski definition) is 3. The Morgan fingerprint density at radius 1 is 1.04 bits per heavy atom. The maximum Gasteiger partial charge on any atom is 0.260 e. The van der Waals surface area contributed by atoms with Crippen molar-refractivity contribution in [2.24, 2.45) is 0 Å². The van der Waals surface area contributed by atoms with E-state index in [-0.39, 0.29) is 17.5 Å². The second-order valence-corrected chi connectivity index (χ2v) is 6.55. The van der Waals surface area contributed by atoms with E-state index in [1.54, 1.807) is 41.3 Å². The van der Waals surface area contributed by atoms with Crippen LogP contribution in [0, 0.1) is 5.82 Å². The minimum Gasteiger partial charge on any atom is -0.484 e. The summed E-state index contributed by atoms with van der Waals surface area (Å²) < 4.78 is 18.7. The lowest BCUT2D eigenvalue weighted by molar-refractivity contribution is -0.133. The molecule has 4 nitrogen and oxygen atoms in total. The summed E-state index contributed by atoms with van der Waals surface area (Å²) in [6, 6.07) is 11.6. The van der Waals surface area contributed by atoms with Gasteiger partial charge in [0.25, 0.3) is 5.91 Å². The van der Waals surface area contributed by atoms with Crippen LogP contribution in [-0.4, -0.2) is 43.6 Å². The number of amides is 1. The van der Waals surface area contributed by atoms with Crippen molar-refractivity contribution in [1.82, 2.24) is 4.90 Å². The molecular weight excluding hydrogens is 366 g/mol. The highest BCUT2D eigenvalue weighted by molar-refractivity contribution is 6.31. The van der Waals surface area contributed by atoms with Crippen LogP contribution in [0.2, 0.25) is 10.0 Å². The molecule has 1 fully saturated rings. The molecule has 1 saturated heterocycles. The average molecular weight is 383 g/mol. The van der Waals surface area contributed by atoms with Crippen LogP contribution in [0.5, 0.6) is 5.75 Å². The summed E-state index contributed by atoms with van der Waals surface area (Å²) in [6.45, 7) is 2.48. The molecule has 3 rings (SSSR count). The van der Waals surface area contributed by atoms with Crippen LogP contribution in [-0.2, 0) is 4.79 Å². The van der Waals surface area contributed by atoms with Gasteiger partial charge in [-0.05, 0) is 42.5 Å². The van der Waals surface area contributed by atoms with E-state index in [2.05, 4.69) is 4.90 Å². The van der Waals surface area contributed by atoms with E-state index in [9.17, 15) is 9.18 Å². The fourth-order valence-corrected chi connectivity index (χ4v) is 2.96. The van der Waals surface area contributed by atoms with Crippen molar-refractivity contribution in [2.75, 3.05) is 37.7 Å². The van der Waals surface area contributed by atoms with Gasteiger partial charge < -0.3 is 14.5 Å². The Morgan fingerprint density at radius 2 is 1.72 bits per heavy atom. The Hall–Kier alpha value is -1.98. The Labute approximate surface area is 155 Å². The molecule has 1 amide bonds. The largest absolute Gasteiger partial charge is 0.484 e. The van der Waals surface area contributed by atoms with E-state index >= 15 is 0 Å². The fraction of sp³-hybridized carbons (Fsp3) is 0.278. The molecule has 132 valence electrons. The highest BCUT2D eigenvalue weighted by Gasteiger charge is 2.22. The fourth-order valence-electron chi connectivity index (χ4n) is 2.66. The summed E-state index contributed by atoms with van der Waals surface area (Å²) in [5, 5.41) is 0.725. The topological polar surface area (TPSA) is 32.8 Å². The van der Waals surface area contributed by atoms with Gasteiger partial charge in [0, 0.05) is 36.9 Å². The first-order valence-corrected chi connectivity index (χ1v) is 8.64. The predicted molar refractivity (Wildman–Crippen MR) is 97.2 cm³/mol. The number of ether oxygens (including phenoxy) is 1. The summed E-state index contributed by atoms with van der Waals surface area (Å²) in [5.41, 5.74) is 0.857. The molecule has 0 saturated carbocycles. The van der Waals surface area contributed by atoms with Crippen LogP contribution < -0.4 is 9.64 Å². The van der Waals surface area contributed by atoms with Crippen molar-refractivity contribution in [2.45, 2.75) is 0 Å². The lowest BCUT2D eigenvalue weighted by Gasteiger charge is -2.36. The van der Waals surface area contributed by atoms with Gasteiger partial charge in [-0.2, -0.15) is 0 Å². The van der Waals surface area contributed by atoms with Gasteiger partial charge >= 0.3 is 0 Å². The van der Waals surface area contributed by atoms with Crippen LogP contribution in [0.1, 0.15) is 0 Å². The second kappa shape index (κ2) is 7.93. The minimum atomic E-state index is -0.432. The van der Waals surface area contributed by atoms with Gasteiger partial charge in [0.15, 0.2) is 6.61 Å². The Kier molecular flexibility index (Phi) is 5.66. The van der Waals surface area contributed by atoms with E-state index in [1.807, 2.05) is 0 Å². The van der Waals surface area contributed by atoms with Crippen molar-refractivity contribution in [3.05, 3.63) is 58.3 Å². The standard InChI is InChI=1S/C18H17Cl2FN2O2/c19-13-1-4-15(5-2-13)25-12-18(24)23-9-7-22(8-10-23)14-3-6-17(21)16(20)11-14/h1-6,11H,7-10,12H2. The van der Waals surface area contributed by atoms with Crippen LogP contribution in [0.25, 0.3) is 0 Å². The van der Waals surface area contributed by atoms with Crippen LogP contribution in [0.3, 0.4) is 0 Å². The van der Waals surface area contributed by atoms with Crippen molar-refractivity contribution in [3.63, 3.8) is 0 Å². The third kappa shape index (κ3) is 4.55. The van der Waals surface area contributed by atoms with Crippen LogP contribution >= 0.6 is 23.2 Å².